The first-order chi connectivity index (χ1) is 21.6. The van der Waals surface area contributed by atoms with Crippen LogP contribution >= 0.6 is 11.6 Å². The lowest BCUT2D eigenvalue weighted by Gasteiger charge is -2.35. The summed E-state index contributed by atoms with van der Waals surface area (Å²) in [6, 6.07) is 14.0. The number of rotatable bonds is 13. The number of aldehydes is 2. The first-order valence-electron chi connectivity index (χ1n) is 17.0. The predicted molar refractivity (Wildman–Crippen MR) is 202 cm³/mol. The highest BCUT2D eigenvalue weighted by Gasteiger charge is 2.21. The minimum atomic E-state index is 0.347. The third-order valence-electron chi connectivity index (χ3n) is 7.66. The van der Waals surface area contributed by atoms with Gasteiger partial charge in [0, 0.05) is 36.4 Å². The lowest BCUT2D eigenvalue weighted by atomic mass is 9.93. The summed E-state index contributed by atoms with van der Waals surface area (Å²) in [5, 5.41) is 0.686. The van der Waals surface area contributed by atoms with Gasteiger partial charge < -0.3 is 14.6 Å². The van der Waals surface area contributed by atoms with E-state index >= 15 is 0 Å². The Bertz CT molecular complexity index is 1070. The summed E-state index contributed by atoms with van der Waals surface area (Å²) >= 11 is 6.21. The molecule has 1 aliphatic heterocycles. The number of benzene rings is 2. The third kappa shape index (κ3) is 19.4. The molecule has 4 nitrogen and oxygen atoms in total. The largest absolute Gasteiger partial charge is 0.367 e. The Morgan fingerprint density at radius 1 is 1.04 bits per heavy atom. The lowest BCUT2D eigenvalue weighted by Crippen LogP contribution is -2.43. The van der Waals surface area contributed by atoms with E-state index in [0.29, 0.717) is 17.9 Å². The monoisotopic (exact) mass is 640 g/mol. The van der Waals surface area contributed by atoms with E-state index in [1.165, 1.54) is 75.2 Å². The van der Waals surface area contributed by atoms with Gasteiger partial charge in [0.05, 0.1) is 6.54 Å². The van der Waals surface area contributed by atoms with Gasteiger partial charge in [-0.2, -0.15) is 0 Å². The number of halogens is 1. The molecule has 1 unspecified atom stereocenters. The van der Waals surface area contributed by atoms with Crippen molar-refractivity contribution >= 4 is 35.4 Å². The number of allylic oxidation sites excluding steroid dienone is 2. The Balaban J connectivity index is 0. The maximum absolute atomic E-state index is 10.8. The molecule has 0 aromatic heterocycles. The minimum absolute atomic E-state index is 0.347. The summed E-state index contributed by atoms with van der Waals surface area (Å²) in [5.41, 5.74) is 5.53. The van der Waals surface area contributed by atoms with Crippen LogP contribution < -0.4 is 4.90 Å². The summed E-state index contributed by atoms with van der Waals surface area (Å²) in [5.74, 6) is 1.99. The Kier molecular flexibility index (Phi) is 28.4. The second-order valence-electron chi connectivity index (χ2n) is 11.5. The van der Waals surface area contributed by atoms with Gasteiger partial charge in [-0.05, 0) is 80.1 Å². The van der Waals surface area contributed by atoms with Crippen LogP contribution in [0, 0.1) is 18.8 Å². The van der Waals surface area contributed by atoms with E-state index in [1.54, 1.807) is 0 Å². The SMILES string of the molecule is C/C=C(\c1ccccc1C)c1cc(Cl)ccc1N(C)CC=O.C=CC=O.CC.CCCC1CN(C)C1.CCCCCC(C)CC. The van der Waals surface area contributed by atoms with Gasteiger partial charge in [0.25, 0.3) is 0 Å². The smallest absolute Gasteiger partial charge is 0.142 e. The van der Waals surface area contributed by atoms with Gasteiger partial charge in [0.15, 0.2) is 0 Å². The number of unbranched alkanes of at least 4 members (excludes halogenated alkanes) is 2. The number of nitrogens with zero attached hydrogens (tertiary/aromatic N) is 2. The molecule has 0 aliphatic carbocycles. The van der Waals surface area contributed by atoms with Gasteiger partial charge in [-0.3, -0.25) is 4.79 Å². The molecule has 0 spiro atoms. The number of likely N-dealkylation sites (tertiary alicyclic amines) is 1. The molecule has 5 heteroatoms. The van der Waals surface area contributed by atoms with E-state index in [2.05, 4.69) is 71.4 Å². The van der Waals surface area contributed by atoms with Crippen molar-refractivity contribution in [2.24, 2.45) is 11.8 Å². The second kappa shape index (κ2) is 28.8. The molecule has 0 bridgehead atoms. The van der Waals surface area contributed by atoms with E-state index in [4.69, 9.17) is 16.4 Å². The van der Waals surface area contributed by atoms with Gasteiger partial charge >= 0.3 is 0 Å². The molecule has 1 fully saturated rings. The molecular formula is C40H65ClN2O2. The van der Waals surface area contributed by atoms with Crippen LogP contribution in [-0.2, 0) is 9.59 Å². The Morgan fingerprint density at radius 3 is 2.13 bits per heavy atom. The van der Waals surface area contributed by atoms with E-state index in [0.717, 1.165) is 34.9 Å². The molecule has 1 aliphatic rings. The molecule has 45 heavy (non-hydrogen) atoms. The van der Waals surface area contributed by atoms with Crippen molar-refractivity contribution in [3.8, 4) is 0 Å². The Hall–Kier alpha value is -2.69. The van der Waals surface area contributed by atoms with E-state index in [1.807, 2.05) is 63.1 Å². The molecule has 2 aromatic carbocycles. The third-order valence-corrected chi connectivity index (χ3v) is 7.90. The van der Waals surface area contributed by atoms with Crippen LogP contribution in [0.2, 0.25) is 5.02 Å². The van der Waals surface area contributed by atoms with Crippen molar-refractivity contribution in [2.75, 3.05) is 38.6 Å². The summed E-state index contributed by atoms with van der Waals surface area (Å²) in [4.78, 5) is 24.2. The molecule has 0 saturated carbocycles. The van der Waals surface area contributed by atoms with Crippen LogP contribution in [0.4, 0.5) is 5.69 Å². The van der Waals surface area contributed by atoms with Crippen molar-refractivity contribution in [3.05, 3.63) is 82.9 Å². The first-order valence-corrected chi connectivity index (χ1v) is 17.4. The van der Waals surface area contributed by atoms with Crippen LogP contribution in [0.25, 0.3) is 5.57 Å². The van der Waals surface area contributed by atoms with Crippen LogP contribution in [0.15, 0.2) is 61.2 Å². The van der Waals surface area contributed by atoms with Crippen molar-refractivity contribution in [3.63, 3.8) is 0 Å². The quantitative estimate of drug-likeness (QED) is 0.124. The number of aryl methyl sites for hydroxylation is 1. The maximum Gasteiger partial charge on any atom is 0.142 e. The zero-order valence-electron chi connectivity index (χ0n) is 30.4. The summed E-state index contributed by atoms with van der Waals surface area (Å²) in [6.07, 6.45) is 14.6. The molecule has 1 saturated heterocycles. The molecular weight excluding hydrogens is 576 g/mol. The zero-order chi connectivity index (χ0) is 34.6. The highest BCUT2D eigenvalue weighted by molar-refractivity contribution is 6.31. The predicted octanol–water partition coefficient (Wildman–Crippen LogP) is 11.1. The number of likely N-dealkylation sites (N-methyl/N-ethyl adjacent to an activating group) is 1. The highest BCUT2D eigenvalue weighted by Crippen LogP contribution is 2.34. The number of hydrogen-bond acceptors (Lipinski definition) is 4. The lowest BCUT2D eigenvalue weighted by molar-refractivity contribution is -0.106. The highest BCUT2D eigenvalue weighted by atomic mass is 35.5. The van der Waals surface area contributed by atoms with Gasteiger partial charge in [0.1, 0.15) is 12.6 Å². The molecule has 2 aromatic rings. The van der Waals surface area contributed by atoms with Crippen LogP contribution in [0.3, 0.4) is 0 Å². The second-order valence-corrected chi connectivity index (χ2v) is 11.9. The summed E-state index contributed by atoms with van der Waals surface area (Å²) in [7, 11) is 4.10. The maximum atomic E-state index is 10.8. The molecule has 0 amide bonds. The summed E-state index contributed by atoms with van der Waals surface area (Å²) in [6.45, 7) is 23.4. The number of anilines is 1. The van der Waals surface area contributed by atoms with E-state index in [9.17, 15) is 4.79 Å². The van der Waals surface area contributed by atoms with Gasteiger partial charge in [-0.25, -0.2) is 0 Å². The minimum Gasteiger partial charge on any atom is -0.367 e. The molecule has 1 atom stereocenters. The van der Waals surface area contributed by atoms with Crippen molar-refractivity contribution in [1.29, 1.82) is 0 Å². The Morgan fingerprint density at radius 2 is 1.67 bits per heavy atom. The fourth-order valence-corrected chi connectivity index (χ4v) is 5.14. The molecule has 1 heterocycles. The van der Waals surface area contributed by atoms with Crippen molar-refractivity contribution < 1.29 is 9.59 Å². The number of hydrogen-bond donors (Lipinski definition) is 0. The van der Waals surface area contributed by atoms with Gasteiger partial charge in [-0.15, -0.1) is 0 Å². The average Bonchev–Trinajstić information content (AvgIpc) is 3.03. The van der Waals surface area contributed by atoms with Gasteiger partial charge in [0.2, 0.25) is 0 Å². The fourth-order valence-electron chi connectivity index (χ4n) is 4.96. The number of carbonyl (C=O) groups is 2. The topological polar surface area (TPSA) is 40.6 Å². The van der Waals surface area contributed by atoms with Crippen LogP contribution in [0.1, 0.15) is 110 Å². The molecule has 254 valence electrons. The molecule has 0 N–H and O–H groups in total. The number of carbonyl (C=O) groups excluding carboxylic acids is 2. The molecule has 0 radical (unpaired) electrons. The van der Waals surface area contributed by atoms with Crippen molar-refractivity contribution in [1.82, 2.24) is 4.90 Å². The summed E-state index contributed by atoms with van der Waals surface area (Å²) < 4.78 is 0. The Labute approximate surface area is 282 Å². The van der Waals surface area contributed by atoms with Crippen LogP contribution in [0.5, 0.6) is 0 Å². The average molecular weight is 641 g/mol. The fraction of sp³-hybridized carbons (Fsp3) is 0.550. The van der Waals surface area contributed by atoms with Gasteiger partial charge in [-0.1, -0.05) is 129 Å². The first kappa shape index (κ1) is 44.4. The van der Waals surface area contributed by atoms with Crippen molar-refractivity contribution in [2.45, 2.75) is 100 Å². The zero-order valence-corrected chi connectivity index (χ0v) is 31.1. The molecule has 3 rings (SSSR count). The standard InChI is InChI=1S/C19H20ClNO.C9H20.C7H15N.C3H4O.C2H6/c1-4-16(17-8-6-5-7-14(17)2)18-13-15(20)9-10-19(18)21(3)11-12-22;1-4-6-7-8-9(3)5-2;1-3-4-7-5-8(2)6-7;1-2-3-4;1-2/h4-10,12-13H,11H2,1-3H3;9H,4-8H2,1-3H3;7H,3-6H2,1-2H3;2-3H,1H2;1-2H3/b16-4+;;;;. The van der Waals surface area contributed by atoms with Crippen LogP contribution in [-0.4, -0.2) is 51.2 Å². The van der Waals surface area contributed by atoms with E-state index in [-0.39, 0.29) is 0 Å². The van der Waals surface area contributed by atoms with E-state index < -0.39 is 0 Å². The normalized spacial score (nSPS) is 13.0.